The standard InChI is InChI=1S/C20H15F4N3O2/c21-14-6-7-16-15(10-14)13(11-25-16)8-9-27-17(12-4-2-1-3-5-12)26-19(29,18(27)28)20(22,23)24/h1-7,10-11,25,29H,8-9H2. The van der Waals surface area contributed by atoms with Gasteiger partial charge in [0.15, 0.2) is 0 Å². The van der Waals surface area contributed by atoms with Crippen LogP contribution in [0.5, 0.6) is 0 Å². The Morgan fingerprint density at radius 2 is 1.86 bits per heavy atom. The van der Waals surface area contributed by atoms with E-state index in [-0.39, 0.29) is 24.4 Å². The maximum absolute atomic E-state index is 13.6. The van der Waals surface area contributed by atoms with Crippen LogP contribution in [0.2, 0.25) is 0 Å². The number of nitrogens with one attached hydrogen (secondary N) is 1. The van der Waals surface area contributed by atoms with Crippen molar-refractivity contribution in [3.63, 3.8) is 0 Å². The van der Waals surface area contributed by atoms with Crippen molar-refractivity contribution in [1.82, 2.24) is 9.88 Å². The van der Waals surface area contributed by atoms with Gasteiger partial charge in [0.2, 0.25) is 0 Å². The zero-order valence-electron chi connectivity index (χ0n) is 14.9. The third-order valence-electron chi connectivity index (χ3n) is 4.83. The van der Waals surface area contributed by atoms with E-state index in [4.69, 9.17) is 0 Å². The Hall–Kier alpha value is -3.20. The van der Waals surface area contributed by atoms with Crippen molar-refractivity contribution < 1.29 is 27.5 Å². The third-order valence-corrected chi connectivity index (χ3v) is 4.83. The summed E-state index contributed by atoms with van der Waals surface area (Å²) >= 11 is 0. The highest BCUT2D eigenvalue weighted by Gasteiger charge is 2.65. The number of alkyl halides is 3. The van der Waals surface area contributed by atoms with Gasteiger partial charge in [0.25, 0.3) is 5.91 Å². The number of carbonyl (C=O) groups is 1. The molecular formula is C20H15F4N3O2. The molecule has 0 saturated carbocycles. The van der Waals surface area contributed by atoms with Crippen molar-refractivity contribution in [3.8, 4) is 0 Å². The van der Waals surface area contributed by atoms with Crippen LogP contribution in [-0.4, -0.2) is 45.2 Å². The number of H-pyrrole nitrogens is 1. The highest BCUT2D eigenvalue weighted by Crippen LogP contribution is 2.38. The van der Waals surface area contributed by atoms with Crippen molar-refractivity contribution in [1.29, 1.82) is 0 Å². The molecule has 1 unspecified atom stereocenters. The van der Waals surface area contributed by atoms with Crippen molar-refractivity contribution in [2.45, 2.75) is 18.3 Å². The molecule has 0 radical (unpaired) electrons. The number of aliphatic imine (C=N–C) groups is 1. The minimum absolute atomic E-state index is 0.134. The molecule has 5 nitrogen and oxygen atoms in total. The van der Waals surface area contributed by atoms with Crippen LogP contribution in [0.25, 0.3) is 10.9 Å². The highest BCUT2D eigenvalue weighted by atomic mass is 19.4. The molecule has 0 aliphatic carbocycles. The van der Waals surface area contributed by atoms with Crippen LogP contribution < -0.4 is 0 Å². The molecule has 0 fully saturated rings. The van der Waals surface area contributed by atoms with Crippen LogP contribution in [0.15, 0.2) is 59.7 Å². The minimum Gasteiger partial charge on any atom is -0.361 e. The number of hydrogen-bond donors (Lipinski definition) is 2. The molecule has 29 heavy (non-hydrogen) atoms. The van der Waals surface area contributed by atoms with Crippen LogP contribution in [-0.2, 0) is 11.2 Å². The molecule has 0 bridgehead atoms. The van der Waals surface area contributed by atoms with Crippen LogP contribution in [0.1, 0.15) is 11.1 Å². The summed E-state index contributed by atoms with van der Waals surface area (Å²) in [6.45, 7) is -0.172. The van der Waals surface area contributed by atoms with Gasteiger partial charge in [-0.25, -0.2) is 9.38 Å². The van der Waals surface area contributed by atoms with Gasteiger partial charge in [-0.05, 0) is 30.2 Å². The first kappa shape index (κ1) is 19.1. The zero-order chi connectivity index (χ0) is 20.8. The molecule has 2 aromatic carbocycles. The van der Waals surface area contributed by atoms with Crippen molar-refractivity contribution in [2.75, 3.05) is 6.54 Å². The molecule has 9 heteroatoms. The Balaban J connectivity index is 1.68. The summed E-state index contributed by atoms with van der Waals surface area (Å²) in [4.78, 5) is 19.6. The Morgan fingerprint density at radius 1 is 1.14 bits per heavy atom. The van der Waals surface area contributed by atoms with Gasteiger partial charge in [-0.2, -0.15) is 13.2 Å². The summed E-state index contributed by atoms with van der Waals surface area (Å²) in [7, 11) is 0. The molecule has 1 amide bonds. The molecule has 0 spiro atoms. The normalized spacial score (nSPS) is 19.8. The fourth-order valence-corrected chi connectivity index (χ4v) is 3.34. The molecule has 1 aliphatic rings. The summed E-state index contributed by atoms with van der Waals surface area (Å²) in [6.07, 6.45) is -3.52. The average molecular weight is 405 g/mol. The lowest BCUT2D eigenvalue weighted by atomic mass is 10.1. The molecule has 1 atom stereocenters. The minimum atomic E-state index is -5.26. The van der Waals surface area contributed by atoms with Gasteiger partial charge in [0, 0.05) is 29.2 Å². The van der Waals surface area contributed by atoms with E-state index in [0.29, 0.717) is 16.5 Å². The molecule has 0 saturated heterocycles. The average Bonchev–Trinajstić information content (AvgIpc) is 3.20. The predicted octanol–water partition coefficient (Wildman–Crippen LogP) is 3.39. The predicted molar refractivity (Wildman–Crippen MR) is 97.7 cm³/mol. The second kappa shape index (κ2) is 6.70. The second-order valence-electron chi connectivity index (χ2n) is 6.68. The fourth-order valence-electron chi connectivity index (χ4n) is 3.34. The molecular weight excluding hydrogens is 390 g/mol. The maximum atomic E-state index is 13.6. The van der Waals surface area contributed by atoms with E-state index in [2.05, 4.69) is 9.98 Å². The number of aromatic nitrogens is 1. The number of rotatable bonds is 4. The number of aromatic amines is 1. The number of amidine groups is 1. The van der Waals surface area contributed by atoms with Gasteiger partial charge < -0.3 is 10.1 Å². The topological polar surface area (TPSA) is 68.7 Å². The number of halogens is 4. The largest absolute Gasteiger partial charge is 0.448 e. The summed E-state index contributed by atoms with van der Waals surface area (Å²) in [5, 5.41) is 10.6. The van der Waals surface area contributed by atoms with Gasteiger partial charge in [0.05, 0.1) is 0 Å². The lowest BCUT2D eigenvalue weighted by Gasteiger charge is -2.23. The van der Waals surface area contributed by atoms with Gasteiger partial charge in [-0.3, -0.25) is 9.69 Å². The van der Waals surface area contributed by atoms with Crippen molar-refractivity contribution in [2.24, 2.45) is 4.99 Å². The zero-order valence-corrected chi connectivity index (χ0v) is 14.9. The van der Waals surface area contributed by atoms with Gasteiger partial charge >= 0.3 is 11.9 Å². The number of hydrogen-bond acceptors (Lipinski definition) is 3. The maximum Gasteiger partial charge on any atom is 0.448 e. The van der Waals surface area contributed by atoms with E-state index in [0.717, 1.165) is 4.90 Å². The van der Waals surface area contributed by atoms with E-state index >= 15 is 0 Å². The van der Waals surface area contributed by atoms with Crippen molar-refractivity contribution >= 4 is 22.6 Å². The van der Waals surface area contributed by atoms with E-state index in [1.807, 2.05) is 0 Å². The van der Waals surface area contributed by atoms with Crippen LogP contribution in [0.4, 0.5) is 17.6 Å². The number of carbonyl (C=O) groups excluding carboxylic acids is 1. The number of nitrogens with zero attached hydrogens (tertiary/aromatic N) is 2. The van der Waals surface area contributed by atoms with Gasteiger partial charge in [0.1, 0.15) is 11.7 Å². The van der Waals surface area contributed by atoms with Crippen molar-refractivity contribution in [3.05, 3.63) is 71.7 Å². The first-order chi connectivity index (χ1) is 13.7. The Labute approximate surface area is 162 Å². The fraction of sp³-hybridized carbons (Fsp3) is 0.200. The SMILES string of the molecule is O=C1N(CCc2c[nH]c3ccc(F)cc23)C(c2ccccc2)=NC1(O)C(F)(F)F. The molecule has 2 heterocycles. The lowest BCUT2D eigenvalue weighted by Crippen LogP contribution is -2.52. The van der Waals surface area contributed by atoms with Gasteiger partial charge in [-0.1, -0.05) is 30.3 Å². The molecule has 3 aromatic rings. The second-order valence-corrected chi connectivity index (χ2v) is 6.68. The highest BCUT2D eigenvalue weighted by molar-refractivity contribution is 6.15. The molecule has 1 aromatic heterocycles. The van der Waals surface area contributed by atoms with E-state index in [1.54, 1.807) is 30.5 Å². The van der Waals surface area contributed by atoms with Crippen LogP contribution in [0.3, 0.4) is 0 Å². The summed E-state index contributed by atoms with van der Waals surface area (Å²) < 4.78 is 53.7. The monoisotopic (exact) mass is 405 g/mol. The van der Waals surface area contributed by atoms with E-state index < -0.39 is 23.6 Å². The Morgan fingerprint density at radius 3 is 2.55 bits per heavy atom. The lowest BCUT2D eigenvalue weighted by molar-refractivity contribution is -0.248. The summed E-state index contributed by atoms with van der Waals surface area (Å²) in [5.74, 6) is -2.27. The number of amides is 1. The smallest absolute Gasteiger partial charge is 0.361 e. The Kier molecular flexibility index (Phi) is 4.42. The van der Waals surface area contributed by atoms with E-state index in [1.165, 1.54) is 24.3 Å². The molecule has 150 valence electrons. The van der Waals surface area contributed by atoms with Gasteiger partial charge in [-0.15, -0.1) is 0 Å². The molecule has 1 aliphatic heterocycles. The Bertz CT molecular complexity index is 1110. The molecule has 4 rings (SSSR count). The first-order valence-electron chi connectivity index (χ1n) is 8.72. The molecule has 2 N–H and O–H groups in total. The summed E-state index contributed by atoms with van der Waals surface area (Å²) in [5.41, 5.74) is -2.27. The third kappa shape index (κ3) is 3.17. The van der Waals surface area contributed by atoms with Crippen LogP contribution >= 0.6 is 0 Å². The quantitative estimate of drug-likeness (QED) is 0.654. The number of benzene rings is 2. The van der Waals surface area contributed by atoms with Crippen LogP contribution in [0, 0.1) is 5.82 Å². The summed E-state index contributed by atoms with van der Waals surface area (Å²) in [6, 6.07) is 12.0. The van der Waals surface area contributed by atoms with E-state index in [9.17, 15) is 27.5 Å². The number of fused-ring (bicyclic) bond motifs is 1. The number of aliphatic hydroxyl groups is 1. The first-order valence-corrected chi connectivity index (χ1v) is 8.72.